The number of alkyl halides is 3. The van der Waals surface area contributed by atoms with Crippen LogP contribution in [-0.2, 0) is 0 Å². The minimum absolute atomic E-state index is 0.309. The van der Waals surface area contributed by atoms with Crippen molar-refractivity contribution in [3.8, 4) is 5.75 Å². The summed E-state index contributed by atoms with van der Waals surface area (Å²) in [6.07, 6.45) is -3.18. The number of aromatic nitrogens is 2. The fourth-order valence-corrected chi connectivity index (χ4v) is 1.72. The molecule has 0 saturated heterocycles. The number of nitrogens with two attached hydrogens (primary N) is 1. The van der Waals surface area contributed by atoms with Crippen LogP contribution in [0, 0.1) is 6.92 Å². The predicted molar refractivity (Wildman–Crippen MR) is 65.9 cm³/mol. The molecule has 0 radical (unpaired) electrons. The van der Waals surface area contributed by atoms with Crippen LogP contribution >= 0.6 is 0 Å². The van der Waals surface area contributed by atoms with Crippen LogP contribution in [0.15, 0.2) is 36.5 Å². The van der Waals surface area contributed by atoms with Crippen LogP contribution in [0.3, 0.4) is 0 Å². The lowest BCUT2D eigenvalue weighted by Gasteiger charge is -2.14. The normalized spacial score (nSPS) is 13.1. The Morgan fingerprint density at radius 2 is 2.00 bits per heavy atom. The van der Waals surface area contributed by atoms with Crippen LogP contribution in [-0.4, -0.2) is 16.3 Å². The van der Waals surface area contributed by atoms with E-state index in [4.69, 9.17) is 5.73 Å². The molecule has 0 spiro atoms. The van der Waals surface area contributed by atoms with Crippen molar-refractivity contribution in [2.45, 2.75) is 19.3 Å². The molecule has 4 nitrogen and oxygen atoms in total. The van der Waals surface area contributed by atoms with Crippen LogP contribution in [0.1, 0.15) is 23.1 Å². The van der Waals surface area contributed by atoms with Gasteiger partial charge in [-0.2, -0.15) is 0 Å². The van der Waals surface area contributed by atoms with E-state index in [0.717, 1.165) is 0 Å². The summed E-state index contributed by atoms with van der Waals surface area (Å²) in [5, 5.41) is 0. The molecule has 0 aliphatic rings. The van der Waals surface area contributed by atoms with Gasteiger partial charge < -0.3 is 10.5 Å². The van der Waals surface area contributed by atoms with E-state index in [1.165, 1.54) is 18.2 Å². The topological polar surface area (TPSA) is 61.0 Å². The van der Waals surface area contributed by atoms with Crippen molar-refractivity contribution in [2.24, 2.45) is 5.73 Å². The molecule has 1 aromatic heterocycles. The number of nitrogens with zero attached hydrogens (tertiary/aromatic N) is 2. The molecule has 1 heterocycles. The molecule has 1 aromatic carbocycles. The summed E-state index contributed by atoms with van der Waals surface area (Å²) in [5.74, 6) is 0.233. The monoisotopic (exact) mass is 283 g/mol. The molecule has 0 aliphatic carbocycles. The zero-order chi connectivity index (χ0) is 14.8. The largest absolute Gasteiger partial charge is 0.573 e. The number of hydrogen-bond acceptors (Lipinski definition) is 4. The fourth-order valence-electron chi connectivity index (χ4n) is 1.72. The lowest BCUT2D eigenvalue weighted by Crippen LogP contribution is -2.18. The molecule has 106 valence electrons. The number of halogens is 3. The van der Waals surface area contributed by atoms with Crippen LogP contribution < -0.4 is 10.5 Å². The summed E-state index contributed by atoms with van der Waals surface area (Å²) in [7, 11) is 0. The van der Waals surface area contributed by atoms with Crippen molar-refractivity contribution in [3.63, 3.8) is 0 Å². The fraction of sp³-hybridized carbons (Fsp3) is 0.231. The maximum atomic E-state index is 12.2. The van der Waals surface area contributed by atoms with Crippen LogP contribution in [0.5, 0.6) is 5.75 Å². The average Bonchev–Trinajstić information content (AvgIpc) is 2.36. The molecule has 0 fully saturated rings. The third-order valence-electron chi connectivity index (χ3n) is 2.57. The second-order valence-electron chi connectivity index (χ2n) is 4.13. The van der Waals surface area contributed by atoms with Crippen LogP contribution in [0.4, 0.5) is 13.2 Å². The first-order valence-corrected chi connectivity index (χ1v) is 5.76. The molecule has 2 aromatic rings. The van der Waals surface area contributed by atoms with Crippen molar-refractivity contribution in [1.29, 1.82) is 0 Å². The Kier molecular flexibility index (Phi) is 3.89. The van der Waals surface area contributed by atoms with E-state index in [9.17, 15) is 13.2 Å². The summed E-state index contributed by atoms with van der Waals surface area (Å²) in [6.45, 7) is 1.71. The maximum Gasteiger partial charge on any atom is 0.573 e. The van der Waals surface area contributed by atoms with Crippen molar-refractivity contribution >= 4 is 0 Å². The van der Waals surface area contributed by atoms with E-state index >= 15 is 0 Å². The van der Waals surface area contributed by atoms with E-state index in [1.54, 1.807) is 25.3 Å². The number of aryl methyl sites for hydroxylation is 1. The van der Waals surface area contributed by atoms with E-state index in [2.05, 4.69) is 14.7 Å². The first-order chi connectivity index (χ1) is 9.35. The third-order valence-corrected chi connectivity index (χ3v) is 2.57. The Morgan fingerprint density at radius 3 is 2.65 bits per heavy atom. The van der Waals surface area contributed by atoms with Crippen molar-refractivity contribution in [3.05, 3.63) is 53.6 Å². The number of hydrogen-bond donors (Lipinski definition) is 1. The molecule has 0 bridgehead atoms. The van der Waals surface area contributed by atoms with Gasteiger partial charge in [-0.25, -0.2) is 9.97 Å². The van der Waals surface area contributed by atoms with Gasteiger partial charge in [-0.15, -0.1) is 13.2 Å². The molecule has 2 rings (SSSR count). The highest BCUT2D eigenvalue weighted by molar-refractivity contribution is 5.34. The molecule has 20 heavy (non-hydrogen) atoms. The van der Waals surface area contributed by atoms with Gasteiger partial charge in [0.2, 0.25) is 0 Å². The Hall–Kier alpha value is -2.15. The summed E-state index contributed by atoms with van der Waals surface area (Å²) in [6, 6.07) is 6.50. The maximum absolute atomic E-state index is 12.2. The van der Waals surface area contributed by atoms with E-state index in [1.807, 2.05) is 0 Å². The van der Waals surface area contributed by atoms with E-state index in [-0.39, 0.29) is 5.75 Å². The van der Waals surface area contributed by atoms with E-state index < -0.39 is 12.4 Å². The second-order valence-corrected chi connectivity index (χ2v) is 4.13. The summed E-state index contributed by atoms with van der Waals surface area (Å²) in [4.78, 5) is 8.10. The highest BCUT2D eigenvalue weighted by Crippen LogP contribution is 2.26. The van der Waals surface area contributed by atoms with Gasteiger partial charge in [0.1, 0.15) is 11.6 Å². The summed E-state index contributed by atoms with van der Waals surface area (Å²) >= 11 is 0. The number of ether oxygens (including phenoxy) is 1. The van der Waals surface area contributed by atoms with Gasteiger partial charge in [-0.1, -0.05) is 12.1 Å². The van der Waals surface area contributed by atoms with Gasteiger partial charge >= 0.3 is 6.36 Å². The van der Waals surface area contributed by atoms with E-state index in [0.29, 0.717) is 17.1 Å². The average molecular weight is 283 g/mol. The van der Waals surface area contributed by atoms with Gasteiger partial charge in [-0.3, -0.25) is 0 Å². The van der Waals surface area contributed by atoms with Crippen molar-refractivity contribution < 1.29 is 17.9 Å². The van der Waals surface area contributed by atoms with Gasteiger partial charge in [-0.05, 0) is 30.7 Å². The zero-order valence-corrected chi connectivity index (χ0v) is 10.6. The summed E-state index contributed by atoms with van der Waals surface area (Å²) in [5.41, 5.74) is 7.00. The Morgan fingerprint density at radius 1 is 1.25 bits per heavy atom. The quantitative estimate of drug-likeness (QED) is 0.940. The van der Waals surface area contributed by atoms with Crippen molar-refractivity contribution in [2.75, 3.05) is 0 Å². The number of benzene rings is 1. The Bertz CT molecular complexity index is 601. The Labute approximate surface area is 113 Å². The molecule has 0 aliphatic heterocycles. The molecule has 7 heteroatoms. The van der Waals surface area contributed by atoms with Gasteiger partial charge in [0, 0.05) is 6.20 Å². The standard InChI is InChI=1S/C13H12F3N3O/c1-8-18-6-5-11(19-8)12(17)9-3-2-4-10(7-9)20-13(14,15)16/h2-7,12H,17H2,1H3. The smallest absolute Gasteiger partial charge is 0.406 e. The lowest BCUT2D eigenvalue weighted by molar-refractivity contribution is -0.274. The zero-order valence-electron chi connectivity index (χ0n) is 10.6. The van der Waals surface area contributed by atoms with Crippen molar-refractivity contribution in [1.82, 2.24) is 9.97 Å². The minimum Gasteiger partial charge on any atom is -0.406 e. The summed E-state index contributed by atoms with van der Waals surface area (Å²) < 4.78 is 40.4. The molecule has 1 unspecified atom stereocenters. The lowest BCUT2D eigenvalue weighted by atomic mass is 10.0. The first kappa shape index (κ1) is 14.3. The van der Waals surface area contributed by atoms with Gasteiger partial charge in [0.05, 0.1) is 11.7 Å². The predicted octanol–water partition coefficient (Wildman–Crippen LogP) is 2.73. The third kappa shape index (κ3) is 3.67. The highest BCUT2D eigenvalue weighted by Gasteiger charge is 2.31. The van der Waals surface area contributed by atoms with Gasteiger partial charge in [0.25, 0.3) is 0 Å². The first-order valence-electron chi connectivity index (χ1n) is 5.76. The molecular weight excluding hydrogens is 271 g/mol. The van der Waals surface area contributed by atoms with Crippen LogP contribution in [0.25, 0.3) is 0 Å². The molecule has 2 N–H and O–H groups in total. The molecular formula is C13H12F3N3O. The highest BCUT2D eigenvalue weighted by atomic mass is 19.4. The SMILES string of the molecule is Cc1nccc(C(N)c2cccc(OC(F)(F)F)c2)n1. The minimum atomic E-state index is -4.73. The second kappa shape index (κ2) is 5.46. The van der Waals surface area contributed by atoms with Gasteiger partial charge in [0.15, 0.2) is 0 Å². The number of rotatable bonds is 3. The molecule has 1 atom stereocenters. The van der Waals surface area contributed by atoms with Crippen LogP contribution in [0.2, 0.25) is 0 Å². The molecule has 0 amide bonds. The Balaban J connectivity index is 2.26. The molecule has 0 saturated carbocycles.